The smallest absolute Gasteiger partial charge is 0.0223 e. The van der Waals surface area contributed by atoms with E-state index in [0.717, 1.165) is 13.0 Å². The van der Waals surface area contributed by atoms with Gasteiger partial charge in [-0.15, -0.1) is 0 Å². The van der Waals surface area contributed by atoms with Gasteiger partial charge in [-0.3, -0.25) is 0 Å². The van der Waals surface area contributed by atoms with Crippen molar-refractivity contribution in [2.24, 2.45) is 0 Å². The summed E-state index contributed by atoms with van der Waals surface area (Å²) in [6.07, 6.45) is 5.10. The van der Waals surface area contributed by atoms with Crippen LogP contribution < -0.4 is 5.32 Å². The lowest BCUT2D eigenvalue weighted by Gasteiger charge is -2.11. The average Bonchev–Trinajstić information content (AvgIpc) is 2.86. The summed E-state index contributed by atoms with van der Waals surface area (Å²) in [6, 6.07) is 4.82. The van der Waals surface area contributed by atoms with Gasteiger partial charge in [0.25, 0.3) is 0 Å². The van der Waals surface area contributed by atoms with Crippen molar-refractivity contribution in [2.75, 3.05) is 0 Å². The van der Waals surface area contributed by atoms with Gasteiger partial charge in [-0.05, 0) is 47.4 Å². The molecule has 15 heavy (non-hydrogen) atoms. The van der Waals surface area contributed by atoms with E-state index in [2.05, 4.69) is 40.1 Å². The Labute approximate surface area is 94.3 Å². The lowest BCUT2D eigenvalue weighted by Crippen LogP contribution is -2.27. The first-order valence-electron chi connectivity index (χ1n) is 5.21. The molecule has 0 aliphatic carbocycles. The van der Waals surface area contributed by atoms with Crippen LogP contribution in [-0.2, 0) is 13.0 Å². The monoisotopic (exact) mass is 220 g/mol. The topological polar surface area (TPSA) is 27.8 Å². The molecule has 2 aromatic heterocycles. The van der Waals surface area contributed by atoms with E-state index in [1.807, 2.05) is 12.4 Å². The molecule has 0 spiro atoms. The minimum absolute atomic E-state index is 0.523. The van der Waals surface area contributed by atoms with Crippen molar-refractivity contribution in [3.63, 3.8) is 0 Å². The van der Waals surface area contributed by atoms with Crippen LogP contribution in [0.1, 0.15) is 18.1 Å². The highest BCUT2D eigenvalue weighted by atomic mass is 32.1. The Hall–Kier alpha value is -1.06. The molecule has 3 heteroatoms. The van der Waals surface area contributed by atoms with E-state index in [1.54, 1.807) is 11.3 Å². The number of aromatic nitrogens is 1. The van der Waals surface area contributed by atoms with Crippen LogP contribution in [0.4, 0.5) is 0 Å². The third kappa shape index (κ3) is 3.22. The van der Waals surface area contributed by atoms with E-state index in [-0.39, 0.29) is 0 Å². The van der Waals surface area contributed by atoms with E-state index in [9.17, 15) is 0 Å². The van der Waals surface area contributed by atoms with Gasteiger partial charge in [-0.2, -0.15) is 11.3 Å². The molecule has 0 amide bonds. The van der Waals surface area contributed by atoms with E-state index in [1.165, 1.54) is 11.1 Å². The molecule has 0 saturated heterocycles. The van der Waals surface area contributed by atoms with Gasteiger partial charge >= 0.3 is 0 Å². The summed E-state index contributed by atoms with van der Waals surface area (Å²) in [5.74, 6) is 0. The zero-order valence-corrected chi connectivity index (χ0v) is 9.68. The second-order valence-electron chi connectivity index (χ2n) is 3.84. The van der Waals surface area contributed by atoms with Gasteiger partial charge in [-0.25, -0.2) is 0 Å². The Bertz CT molecular complexity index is 364. The van der Waals surface area contributed by atoms with Crippen LogP contribution in [0.5, 0.6) is 0 Å². The van der Waals surface area contributed by atoms with Gasteiger partial charge in [0.15, 0.2) is 0 Å². The number of hydrogen-bond donors (Lipinski definition) is 2. The molecule has 0 bridgehead atoms. The second kappa shape index (κ2) is 5.14. The Morgan fingerprint density at radius 2 is 2.33 bits per heavy atom. The number of nitrogens with one attached hydrogen (secondary N) is 2. The molecule has 2 rings (SSSR count). The predicted octanol–water partition coefficient (Wildman–Crippen LogP) is 2.80. The molecular formula is C12H16N2S. The SMILES string of the molecule is CC(Cc1ccsc1)NCc1cc[nH]c1. The van der Waals surface area contributed by atoms with Crippen LogP contribution in [0.25, 0.3) is 0 Å². The first kappa shape index (κ1) is 10.5. The Morgan fingerprint density at radius 1 is 1.40 bits per heavy atom. The van der Waals surface area contributed by atoms with Crippen molar-refractivity contribution in [3.05, 3.63) is 46.4 Å². The molecule has 80 valence electrons. The highest BCUT2D eigenvalue weighted by Crippen LogP contribution is 2.08. The van der Waals surface area contributed by atoms with Crippen molar-refractivity contribution in [1.29, 1.82) is 0 Å². The van der Waals surface area contributed by atoms with Crippen molar-refractivity contribution < 1.29 is 0 Å². The maximum Gasteiger partial charge on any atom is 0.0223 e. The van der Waals surface area contributed by atoms with E-state index in [4.69, 9.17) is 0 Å². The van der Waals surface area contributed by atoms with Crippen molar-refractivity contribution in [3.8, 4) is 0 Å². The minimum atomic E-state index is 0.523. The highest BCUT2D eigenvalue weighted by molar-refractivity contribution is 7.07. The molecule has 1 unspecified atom stereocenters. The Balaban J connectivity index is 1.76. The fourth-order valence-corrected chi connectivity index (χ4v) is 2.28. The maximum atomic E-state index is 3.51. The van der Waals surface area contributed by atoms with Crippen LogP contribution in [-0.4, -0.2) is 11.0 Å². The van der Waals surface area contributed by atoms with E-state index in [0.29, 0.717) is 6.04 Å². The van der Waals surface area contributed by atoms with Crippen molar-refractivity contribution >= 4 is 11.3 Å². The summed E-state index contributed by atoms with van der Waals surface area (Å²) in [7, 11) is 0. The number of H-pyrrole nitrogens is 1. The minimum Gasteiger partial charge on any atom is -0.367 e. The maximum absolute atomic E-state index is 3.51. The lowest BCUT2D eigenvalue weighted by molar-refractivity contribution is 0.546. The molecule has 2 aromatic rings. The van der Waals surface area contributed by atoms with Gasteiger partial charge in [-0.1, -0.05) is 0 Å². The van der Waals surface area contributed by atoms with Crippen molar-refractivity contribution in [1.82, 2.24) is 10.3 Å². The second-order valence-corrected chi connectivity index (χ2v) is 4.62. The summed E-state index contributed by atoms with van der Waals surface area (Å²) in [4.78, 5) is 3.06. The van der Waals surface area contributed by atoms with Gasteiger partial charge in [0.2, 0.25) is 0 Å². The Kier molecular flexibility index (Phi) is 3.59. The van der Waals surface area contributed by atoms with E-state index < -0.39 is 0 Å². The normalized spacial score (nSPS) is 12.9. The molecular weight excluding hydrogens is 204 g/mol. The quantitative estimate of drug-likeness (QED) is 0.796. The van der Waals surface area contributed by atoms with Crippen LogP contribution >= 0.6 is 11.3 Å². The van der Waals surface area contributed by atoms with Crippen LogP contribution in [0.3, 0.4) is 0 Å². The first-order chi connectivity index (χ1) is 7.34. The number of rotatable bonds is 5. The summed E-state index contributed by atoms with van der Waals surface area (Å²) >= 11 is 1.76. The zero-order chi connectivity index (χ0) is 10.5. The standard InChI is InChI=1S/C12H16N2S/c1-10(6-11-3-5-15-9-11)14-8-12-2-4-13-7-12/h2-5,7,9-10,13-14H,6,8H2,1H3. The van der Waals surface area contributed by atoms with Gasteiger partial charge in [0.05, 0.1) is 0 Å². The fraction of sp³-hybridized carbons (Fsp3) is 0.333. The molecule has 0 fully saturated rings. The van der Waals surface area contributed by atoms with Crippen molar-refractivity contribution in [2.45, 2.75) is 25.9 Å². The number of thiophene rings is 1. The molecule has 0 aliphatic heterocycles. The van der Waals surface area contributed by atoms with Crippen LogP contribution in [0.2, 0.25) is 0 Å². The largest absolute Gasteiger partial charge is 0.367 e. The van der Waals surface area contributed by atoms with Gasteiger partial charge < -0.3 is 10.3 Å². The van der Waals surface area contributed by atoms with Gasteiger partial charge in [0.1, 0.15) is 0 Å². The molecule has 0 aromatic carbocycles. The fourth-order valence-electron chi connectivity index (χ4n) is 1.59. The van der Waals surface area contributed by atoms with Gasteiger partial charge in [0, 0.05) is 25.0 Å². The summed E-state index contributed by atoms with van der Waals surface area (Å²) < 4.78 is 0. The van der Waals surface area contributed by atoms with Crippen LogP contribution in [0, 0.1) is 0 Å². The zero-order valence-electron chi connectivity index (χ0n) is 8.86. The molecule has 0 saturated carbocycles. The van der Waals surface area contributed by atoms with Crippen LogP contribution in [0.15, 0.2) is 35.3 Å². The molecule has 0 radical (unpaired) electrons. The molecule has 2 heterocycles. The summed E-state index contributed by atoms with van der Waals surface area (Å²) in [6.45, 7) is 3.17. The predicted molar refractivity (Wildman–Crippen MR) is 65.1 cm³/mol. The lowest BCUT2D eigenvalue weighted by atomic mass is 10.1. The molecule has 0 aliphatic rings. The number of aromatic amines is 1. The number of hydrogen-bond acceptors (Lipinski definition) is 2. The Morgan fingerprint density at radius 3 is 3.00 bits per heavy atom. The summed E-state index contributed by atoms with van der Waals surface area (Å²) in [5.41, 5.74) is 2.74. The molecule has 2 N–H and O–H groups in total. The highest BCUT2D eigenvalue weighted by Gasteiger charge is 2.03. The third-order valence-corrected chi connectivity index (χ3v) is 3.17. The molecule has 1 atom stereocenters. The first-order valence-corrected chi connectivity index (χ1v) is 6.15. The third-order valence-electron chi connectivity index (χ3n) is 2.44. The average molecular weight is 220 g/mol. The van der Waals surface area contributed by atoms with E-state index >= 15 is 0 Å². The molecule has 2 nitrogen and oxygen atoms in total. The summed E-state index contributed by atoms with van der Waals surface area (Å²) in [5, 5.41) is 7.86.